The number of alkyl halides is 3. The molecule has 0 fully saturated rings. The summed E-state index contributed by atoms with van der Waals surface area (Å²) >= 11 is 1.06. The van der Waals surface area contributed by atoms with Crippen molar-refractivity contribution in [1.29, 1.82) is 0 Å². The number of hydrogen-bond donors (Lipinski definition) is 3. The number of amides is 2. The van der Waals surface area contributed by atoms with E-state index in [0.29, 0.717) is 0 Å². The first kappa shape index (κ1) is 14.5. The van der Waals surface area contributed by atoms with Crippen LogP contribution in [-0.2, 0) is 4.79 Å². The number of carbonyl (C=O) groups excluding carboxylic acids is 2. The van der Waals surface area contributed by atoms with Crippen LogP contribution in [0.3, 0.4) is 0 Å². The number of carbonyl (C=O) groups is 2. The molecular weight excluding hydrogens is 271 g/mol. The van der Waals surface area contributed by atoms with E-state index in [2.05, 4.69) is 5.32 Å². The minimum Gasteiger partial charge on any atom is -0.366 e. The highest BCUT2D eigenvalue weighted by Gasteiger charge is 2.26. The number of thiophene rings is 1. The van der Waals surface area contributed by atoms with Crippen molar-refractivity contribution in [1.82, 2.24) is 5.32 Å². The third-order valence-electron chi connectivity index (χ3n) is 1.79. The first-order valence-corrected chi connectivity index (χ1v) is 5.62. The maximum absolute atomic E-state index is 11.8. The monoisotopic (exact) mass is 281 g/mol. The highest BCUT2D eigenvalue weighted by atomic mass is 32.1. The molecule has 4 N–H and O–H groups in total. The molecule has 0 aliphatic rings. The highest BCUT2D eigenvalue weighted by Crippen LogP contribution is 2.22. The number of halogens is 3. The number of anilines is 1. The molecule has 100 valence electrons. The van der Waals surface area contributed by atoms with Crippen LogP contribution in [0, 0.1) is 0 Å². The van der Waals surface area contributed by atoms with Gasteiger partial charge in [0.25, 0.3) is 5.91 Å². The molecule has 0 atom stereocenters. The highest BCUT2D eigenvalue weighted by molar-refractivity contribution is 7.14. The van der Waals surface area contributed by atoms with Crippen LogP contribution in [0.15, 0.2) is 11.4 Å². The Balaban J connectivity index is 2.45. The molecule has 2 amide bonds. The van der Waals surface area contributed by atoms with Crippen LogP contribution >= 0.6 is 11.3 Å². The van der Waals surface area contributed by atoms with Crippen LogP contribution in [0.5, 0.6) is 0 Å². The fourth-order valence-corrected chi connectivity index (χ4v) is 1.90. The lowest BCUT2D eigenvalue weighted by atomic mass is 10.3. The van der Waals surface area contributed by atoms with Gasteiger partial charge in [0.05, 0.1) is 18.7 Å². The zero-order valence-electron chi connectivity index (χ0n) is 9.00. The number of nitrogens with two attached hydrogens (primary N) is 1. The van der Waals surface area contributed by atoms with Crippen LogP contribution in [0.4, 0.5) is 18.2 Å². The van der Waals surface area contributed by atoms with E-state index in [1.807, 2.05) is 5.32 Å². The number of hydrogen-bond acceptors (Lipinski definition) is 4. The van der Waals surface area contributed by atoms with Gasteiger partial charge in [-0.05, 0) is 11.4 Å². The van der Waals surface area contributed by atoms with Crippen LogP contribution in [0.2, 0.25) is 0 Å². The Labute approximate surface area is 104 Å². The van der Waals surface area contributed by atoms with Crippen molar-refractivity contribution in [3.05, 3.63) is 17.0 Å². The van der Waals surface area contributed by atoms with Gasteiger partial charge in [-0.15, -0.1) is 11.3 Å². The van der Waals surface area contributed by atoms with Gasteiger partial charge in [0.2, 0.25) is 5.91 Å². The van der Waals surface area contributed by atoms with E-state index < -0.39 is 31.1 Å². The number of nitrogens with one attached hydrogen (secondary N) is 2. The molecule has 0 saturated heterocycles. The fraction of sp³-hybridized carbons (Fsp3) is 0.333. The smallest absolute Gasteiger partial charge is 0.366 e. The van der Waals surface area contributed by atoms with E-state index in [0.717, 1.165) is 11.3 Å². The zero-order chi connectivity index (χ0) is 13.8. The second-order valence-corrected chi connectivity index (χ2v) is 4.21. The minimum atomic E-state index is -4.37. The Morgan fingerprint density at radius 3 is 2.61 bits per heavy atom. The lowest BCUT2D eigenvalue weighted by molar-refractivity contribution is -0.126. The summed E-state index contributed by atoms with van der Waals surface area (Å²) in [6.45, 7) is -1.76. The quantitative estimate of drug-likeness (QED) is 0.751. The summed E-state index contributed by atoms with van der Waals surface area (Å²) in [5.41, 5.74) is 5.17. The molecule has 0 spiro atoms. The predicted octanol–water partition coefficient (Wildman–Crippen LogP) is 0.937. The summed E-state index contributed by atoms with van der Waals surface area (Å²) in [7, 11) is 0. The van der Waals surface area contributed by atoms with E-state index in [1.54, 1.807) is 5.38 Å². The van der Waals surface area contributed by atoms with Gasteiger partial charge < -0.3 is 16.4 Å². The molecule has 0 saturated carbocycles. The molecule has 5 nitrogen and oxygen atoms in total. The maximum atomic E-state index is 11.8. The largest absolute Gasteiger partial charge is 0.401 e. The molecule has 0 aliphatic heterocycles. The van der Waals surface area contributed by atoms with Gasteiger partial charge in [0.1, 0.15) is 5.00 Å². The summed E-state index contributed by atoms with van der Waals surface area (Å²) in [5.74, 6) is -1.39. The summed E-state index contributed by atoms with van der Waals surface area (Å²) in [6.07, 6.45) is -4.37. The van der Waals surface area contributed by atoms with E-state index in [4.69, 9.17) is 5.73 Å². The van der Waals surface area contributed by atoms with Crippen molar-refractivity contribution >= 4 is 28.2 Å². The standard InChI is InChI=1S/C9H10F3N3O2S/c10-9(11,12)4-14-3-6(16)15-8-5(7(13)17)1-2-18-8/h1-2,14H,3-4H2,(H2,13,17)(H,15,16). The van der Waals surface area contributed by atoms with Crippen molar-refractivity contribution in [3.63, 3.8) is 0 Å². The summed E-state index contributed by atoms with van der Waals surface area (Å²) in [4.78, 5) is 22.2. The predicted molar refractivity (Wildman–Crippen MR) is 60.4 cm³/mol. The molecule has 1 rings (SSSR count). The van der Waals surface area contributed by atoms with Crippen molar-refractivity contribution < 1.29 is 22.8 Å². The second-order valence-electron chi connectivity index (χ2n) is 3.29. The molecule has 9 heteroatoms. The lowest BCUT2D eigenvalue weighted by Gasteiger charge is -2.08. The van der Waals surface area contributed by atoms with Gasteiger partial charge in [-0.2, -0.15) is 13.2 Å². The van der Waals surface area contributed by atoms with Crippen molar-refractivity contribution in [2.45, 2.75) is 6.18 Å². The Morgan fingerprint density at radius 1 is 1.39 bits per heavy atom. The van der Waals surface area contributed by atoms with E-state index in [-0.39, 0.29) is 10.6 Å². The molecule has 0 radical (unpaired) electrons. The first-order chi connectivity index (χ1) is 8.29. The molecule has 1 heterocycles. The molecule has 1 aromatic rings. The molecule has 0 unspecified atom stereocenters. The summed E-state index contributed by atoms with van der Waals surface area (Å²) in [6, 6.07) is 1.42. The summed E-state index contributed by atoms with van der Waals surface area (Å²) < 4.78 is 35.4. The van der Waals surface area contributed by atoms with E-state index >= 15 is 0 Å². The van der Waals surface area contributed by atoms with Crippen LogP contribution < -0.4 is 16.4 Å². The normalized spacial score (nSPS) is 11.3. The minimum absolute atomic E-state index is 0.129. The molecule has 1 aromatic heterocycles. The number of rotatable bonds is 5. The Kier molecular flexibility index (Phi) is 4.68. The molecule has 0 aromatic carbocycles. The summed E-state index contributed by atoms with van der Waals surface area (Å²) in [5, 5.41) is 6.01. The average Bonchev–Trinajstić information content (AvgIpc) is 2.63. The van der Waals surface area contributed by atoms with Crippen LogP contribution in [0.25, 0.3) is 0 Å². The third kappa shape index (κ3) is 4.72. The first-order valence-electron chi connectivity index (χ1n) is 4.74. The Bertz CT molecular complexity index is 445. The Morgan fingerprint density at radius 2 is 2.06 bits per heavy atom. The van der Waals surface area contributed by atoms with Crippen LogP contribution in [0.1, 0.15) is 10.4 Å². The van der Waals surface area contributed by atoms with Crippen LogP contribution in [-0.4, -0.2) is 31.1 Å². The van der Waals surface area contributed by atoms with Gasteiger partial charge in [0.15, 0.2) is 0 Å². The van der Waals surface area contributed by atoms with Gasteiger partial charge in [0, 0.05) is 0 Å². The van der Waals surface area contributed by atoms with Crippen molar-refractivity contribution in [3.8, 4) is 0 Å². The third-order valence-corrected chi connectivity index (χ3v) is 2.62. The Hall–Kier alpha value is -1.61. The maximum Gasteiger partial charge on any atom is 0.401 e. The van der Waals surface area contributed by atoms with Crippen molar-refractivity contribution in [2.75, 3.05) is 18.4 Å². The molecule has 0 bridgehead atoms. The van der Waals surface area contributed by atoms with Gasteiger partial charge in [-0.25, -0.2) is 0 Å². The van der Waals surface area contributed by atoms with Crippen molar-refractivity contribution in [2.24, 2.45) is 5.73 Å². The molecular formula is C9H10F3N3O2S. The topological polar surface area (TPSA) is 84.2 Å². The molecule has 18 heavy (non-hydrogen) atoms. The van der Waals surface area contributed by atoms with Gasteiger partial charge in [-0.3, -0.25) is 9.59 Å². The van der Waals surface area contributed by atoms with E-state index in [9.17, 15) is 22.8 Å². The fourth-order valence-electron chi connectivity index (χ4n) is 1.09. The average molecular weight is 281 g/mol. The van der Waals surface area contributed by atoms with Gasteiger partial charge >= 0.3 is 6.18 Å². The SMILES string of the molecule is NC(=O)c1ccsc1NC(=O)CNCC(F)(F)F. The van der Waals surface area contributed by atoms with Gasteiger partial charge in [-0.1, -0.05) is 0 Å². The lowest BCUT2D eigenvalue weighted by Crippen LogP contribution is -2.35. The number of primary amides is 1. The second kappa shape index (κ2) is 5.83. The zero-order valence-corrected chi connectivity index (χ0v) is 9.82. The van der Waals surface area contributed by atoms with E-state index in [1.165, 1.54) is 6.07 Å². The molecule has 0 aliphatic carbocycles.